The zero-order valence-corrected chi connectivity index (χ0v) is 20.9. The normalized spacial score (nSPS) is 11.2. The first-order chi connectivity index (χ1) is 18.8. The number of aromatic nitrogens is 1. The standard InChI is InChI=1S/C36H26N2/c1-3-9-30(10-4-1)37-31-22-19-27(20-23-31)26-15-17-28(18-16-26)29-21-24-36-34(25-29)33-13-7-8-14-35(33)38(36)32-11-5-2-6-12-32/h1-25,37H. The molecule has 0 aliphatic rings. The zero-order valence-electron chi connectivity index (χ0n) is 20.9. The topological polar surface area (TPSA) is 17.0 Å². The third-order valence-corrected chi connectivity index (χ3v) is 7.19. The van der Waals surface area contributed by atoms with Gasteiger partial charge in [0.15, 0.2) is 0 Å². The van der Waals surface area contributed by atoms with E-state index in [0.29, 0.717) is 0 Å². The number of anilines is 2. The Hall–Kier alpha value is -5.08. The highest BCUT2D eigenvalue weighted by Crippen LogP contribution is 2.35. The molecule has 7 aromatic rings. The lowest BCUT2D eigenvalue weighted by molar-refractivity contribution is 1.18. The number of para-hydroxylation sites is 3. The molecule has 0 bridgehead atoms. The van der Waals surface area contributed by atoms with Gasteiger partial charge >= 0.3 is 0 Å². The van der Waals surface area contributed by atoms with E-state index in [0.717, 1.165) is 11.4 Å². The van der Waals surface area contributed by atoms with Crippen LogP contribution in [-0.4, -0.2) is 4.57 Å². The molecule has 0 saturated heterocycles. The molecule has 2 heteroatoms. The van der Waals surface area contributed by atoms with Gasteiger partial charge in [-0.3, -0.25) is 0 Å². The molecule has 0 unspecified atom stereocenters. The third kappa shape index (κ3) is 4.03. The molecule has 0 atom stereocenters. The van der Waals surface area contributed by atoms with Gasteiger partial charge in [0.2, 0.25) is 0 Å². The monoisotopic (exact) mass is 486 g/mol. The molecular formula is C36H26N2. The Labute approximate surface area is 222 Å². The highest BCUT2D eigenvalue weighted by Gasteiger charge is 2.13. The maximum atomic E-state index is 3.45. The second-order valence-electron chi connectivity index (χ2n) is 9.57. The average Bonchev–Trinajstić information content (AvgIpc) is 3.32. The van der Waals surface area contributed by atoms with Crippen LogP contribution in [0.25, 0.3) is 49.7 Å². The first kappa shape index (κ1) is 22.1. The molecule has 0 saturated carbocycles. The van der Waals surface area contributed by atoms with Gasteiger partial charge in [-0.2, -0.15) is 0 Å². The van der Waals surface area contributed by atoms with Crippen molar-refractivity contribution in [3.8, 4) is 27.9 Å². The molecule has 180 valence electrons. The lowest BCUT2D eigenvalue weighted by Gasteiger charge is -2.09. The SMILES string of the molecule is c1ccc(Nc2ccc(-c3ccc(-c4ccc5c(c4)c4ccccc4n5-c4ccccc4)cc3)cc2)cc1. The van der Waals surface area contributed by atoms with Gasteiger partial charge in [-0.05, 0) is 76.9 Å². The molecule has 1 N–H and O–H groups in total. The lowest BCUT2D eigenvalue weighted by Crippen LogP contribution is -1.92. The molecule has 0 aliphatic heterocycles. The van der Waals surface area contributed by atoms with E-state index in [-0.39, 0.29) is 0 Å². The van der Waals surface area contributed by atoms with Crippen LogP contribution in [0, 0.1) is 0 Å². The number of nitrogens with zero attached hydrogens (tertiary/aromatic N) is 1. The average molecular weight is 487 g/mol. The molecule has 0 aliphatic carbocycles. The van der Waals surface area contributed by atoms with Crippen LogP contribution in [-0.2, 0) is 0 Å². The first-order valence-electron chi connectivity index (χ1n) is 13.0. The number of benzene rings is 6. The highest BCUT2D eigenvalue weighted by molar-refractivity contribution is 6.10. The molecule has 0 fully saturated rings. The van der Waals surface area contributed by atoms with Crippen LogP contribution in [0.2, 0.25) is 0 Å². The minimum Gasteiger partial charge on any atom is -0.356 e. The Morgan fingerprint density at radius 2 is 0.868 bits per heavy atom. The van der Waals surface area contributed by atoms with E-state index in [1.807, 2.05) is 18.2 Å². The number of nitrogens with one attached hydrogen (secondary N) is 1. The molecule has 0 spiro atoms. The summed E-state index contributed by atoms with van der Waals surface area (Å²) >= 11 is 0. The largest absolute Gasteiger partial charge is 0.356 e. The minimum absolute atomic E-state index is 1.08. The second kappa shape index (κ2) is 9.42. The number of fused-ring (bicyclic) bond motifs is 3. The lowest BCUT2D eigenvalue weighted by atomic mass is 9.99. The molecule has 1 heterocycles. The quantitative estimate of drug-likeness (QED) is 0.256. The fraction of sp³-hybridized carbons (Fsp3) is 0. The summed E-state index contributed by atoms with van der Waals surface area (Å²) in [6.45, 7) is 0. The third-order valence-electron chi connectivity index (χ3n) is 7.19. The predicted molar refractivity (Wildman–Crippen MR) is 161 cm³/mol. The summed E-state index contributed by atoms with van der Waals surface area (Å²) in [6, 6.07) is 53.8. The number of hydrogen-bond donors (Lipinski definition) is 1. The molecule has 0 amide bonds. The van der Waals surface area contributed by atoms with E-state index in [1.165, 1.54) is 49.7 Å². The van der Waals surface area contributed by atoms with Gasteiger partial charge in [-0.25, -0.2) is 0 Å². The Kier molecular flexibility index (Phi) is 5.49. The van der Waals surface area contributed by atoms with Gasteiger partial charge in [0, 0.05) is 27.8 Å². The Balaban J connectivity index is 1.21. The second-order valence-corrected chi connectivity index (χ2v) is 9.57. The van der Waals surface area contributed by atoms with Crippen LogP contribution in [0.15, 0.2) is 152 Å². The summed E-state index contributed by atoms with van der Waals surface area (Å²) in [5, 5.41) is 5.99. The van der Waals surface area contributed by atoms with Crippen LogP contribution in [0.4, 0.5) is 11.4 Å². The van der Waals surface area contributed by atoms with Gasteiger partial charge in [0.25, 0.3) is 0 Å². The minimum atomic E-state index is 1.08. The van der Waals surface area contributed by atoms with Crippen LogP contribution in [0.5, 0.6) is 0 Å². The maximum Gasteiger partial charge on any atom is 0.0541 e. The predicted octanol–water partition coefficient (Wildman–Crippen LogP) is 9.86. The molecule has 38 heavy (non-hydrogen) atoms. The Morgan fingerprint density at radius 1 is 0.368 bits per heavy atom. The van der Waals surface area contributed by atoms with Crippen LogP contribution >= 0.6 is 0 Å². The van der Waals surface area contributed by atoms with Crippen molar-refractivity contribution in [2.75, 3.05) is 5.32 Å². The molecular weight excluding hydrogens is 460 g/mol. The van der Waals surface area contributed by atoms with Gasteiger partial charge in [0.1, 0.15) is 0 Å². The molecule has 6 aromatic carbocycles. The van der Waals surface area contributed by atoms with Crippen LogP contribution < -0.4 is 5.32 Å². The zero-order chi connectivity index (χ0) is 25.3. The summed E-state index contributed by atoms with van der Waals surface area (Å²) in [7, 11) is 0. The summed E-state index contributed by atoms with van der Waals surface area (Å²) < 4.78 is 2.36. The molecule has 7 rings (SSSR count). The van der Waals surface area contributed by atoms with Gasteiger partial charge in [0.05, 0.1) is 11.0 Å². The van der Waals surface area contributed by atoms with Crippen molar-refractivity contribution in [3.05, 3.63) is 152 Å². The summed E-state index contributed by atoms with van der Waals surface area (Å²) in [4.78, 5) is 0. The Bertz CT molecular complexity index is 1850. The summed E-state index contributed by atoms with van der Waals surface area (Å²) in [5.41, 5.74) is 10.7. The number of hydrogen-bond acceptors (Lipinski definition) is 1. The van der Waals surface area contributed by atoms with Crippen molar-refractivity contribution in [2.45, 2.75) is 0 Å². The van der Waals surface area contributed by atoms with Crippen LogP contribution in [0.1, 0.15) is 0 Å². The highest BCUT2D eigenvalue weighted by atomic mass is 15.0. The van der Waals surface area contributed by atoms with Crippen molar-refractivity contribution in [2.24, 2.45) is 0 Å². The maximum absolute atomic E-state index is 3.45. The smallest absolute Gasteiger partial charge is 0.0541 e. The first-order valence-corrected chi connectivity index (χ1v) is 13.0. The van der Waals surface area contributed by atoms with Crippen molar-refractivity contribution >= 4 is 33.2 Å². The van der Waals surface area contributed by atoms with Crippen LogP contribution in [0.3, 0.4) is 0 Å². The van der Waals surface area contributed by atoms with E-state index in [1.54, 1.807) is 0 Å². The van der Waals surface area contributed by atoms with Crippen molar-refractivity contribution < 1.29 is 0 Å². The van der Waals surface area contributed by atoms with Crippen molar-refractivity contribution in [1.29, 1.82) is 0 Å². The van der Waals surface area contributed by atoms with Crippen molar-refractivity contribution in [3.63, 3.8) is 0 Å². The summed E-state index contributed by atoms with van der Waals surface area (Å²) in [6.07, 6.45) is 0. The van der Waals surface area contributed by atoms with E-state index in [4.69, 9.17) is 0 Å². The molecule has 0 radical (unpaired) electrons. The number of rotatable bonds is 5. The van der Waals surface area contributed by atoms with E-state index in [9.17, 15) is 0 Å². The van der Waals surface area contributed by atoms with E-state index >= 15 is 0 Å². The molecule has 2 nitrogen and oxygen atoms in total. The molecule has 1 aromatic heterocycles. The van der Waals surface area contributed by atoms with Gasteiger partial charge in [-0.1, -0.05) is 97.1 Å². The van der Waals surface area contributed by atoms with Crippen molar-refractivity contribution in [1.82, 2.24) is 4.57 Å². The Morgan fingerprint density at radius 3 is 1.58 bits per heavy atom. The fourth-order valence-electron chi connectivity index (χ4n) is 5.30. The van der Waals surface area contributed by atoms with Gasteiger partial charge < -0.3 is 9.88 Å². The fourth-order valence-corrected chi connectivity index (χ4v) is 5.30. The summed E-state index contributed by atoms with van der Waals surface area (Å²) in [5.74, 6) is 0. The van der Waals surface area contributed by atoms with Gasteiger partial charge in [-0.15, -0.1) is 0 Å². The van der Waals surface area contributed by atoms with E-state index < -0.39 is 0 Å². The van der Waals surface area contributed by atoms with E-state index in [2.05, 4.69) is 143 Å².